The average molecular weight is 274 g/mol. The zero-order valence-electron chi connectivity index (χ0n) is 10.8. The van der Waals surface area contributed by atoms with Crippen molar-refractivity contribution in [2.75, 3.05) is 13.2 Å². The third-order valence-corrected chi connectivity index (χ3v) is 2.56. The number of carbonyl (C=O) groups is 1. The lowest BCUT2D eigenvalue weighted by molar-refractivity contribution is -0.137. The number of rotatable bonds is 7. The van der Waals surface area contributed by atoms with Crippen molar-refractivity contribution in [3.8, 4) is 0 Å². The number of halogens is 3. The first-order valence-corrected chi connectivity index (χ1v) is 6.19. The molecule has 0 aliphatic heterocycles. The van der Waals surface area contributed by atoms with Crippen molar-refractivity contribution in [1.82, 2.24) is 0 Å². The summed E-state index contributed by atoms with van der Waals surface area (Å²) in [6.45, 7) is 2.96. The van der Waals surface area contributed by atoms with Gasteiger partial charge in [-0.05, 0) is 24.1 Å². The van der Waals surface area contributed by atoms with Crippen molar-refractivity contribution < 1.29 is 22.7 Å². The number of benzene rings is 1. The molecule has 5 heteroatoms. The van der Waals surface area contributed by atoms with E-state index in [4.69, 9.17) is 4.74 Å². The van der Waals surface area contributed by atoms with Crippen molar-refractivity contribution in [2.45, 2.75) is 32.4 Å². The minimum Gasteiger partial charge on any atom is -0.381 e. The summed E-state index contributed by atoms with van der Waals surface area (Å²) in [4.78, 5) is 11.6. The van der Waals surface area contributed by atoms with Gasteiger partial charge in [-0.15, -0.1) is 0 Å². The zero-order valence-corrected chi connectivity index (χ0v) is 10.8. The molecular formula is C14H17F3O2. The molecular weight excluding hydrogens is 257 g/mol. The molecule has 0 fully saturated rings. The largest absolute Gasteiger partial charge is 0.416 e. The van der Waals surface area contributed by atoms with Crippen LogP contribution in [0.5, 0.6) is 0 Å². The summed E-state index contributed by atoms with van der Waals surface area (Å²) in [6.07, 6.45) is -3.00. The maximum atomic E-state index is 12.3. The molecule has 1 aromatic carbocycles. The first kappa shape index (κ1) is 15.7. The van der Waals surface area contributed by atoms with Crippen LogP contribution in [0.2, 0.25) is 0 Å². The molecule has 0 aliphatic rings. The van der Waals surface area contributed by atoms with Gasteiger partial charge in [-0.1, -0.05) is 19.1 Å². The molecule has 2 nitrogen and oxygen atoms in total. The van der Waals surface area contributed by atoms with Crippen LogP contribution in [-0.4, -0.2) is 19.0 Å². The first-order valence-electron chi connectivity index (χ1n) is 6.19. The SMILES string of the molecule is CCCOCCC(=O)Cc1ccc(C(F)(F)F)cc1. The van der Waals surface area contributed by atoms with Gasteiger partial charge in [0, 0.05) is 19.4 Å². The van der Waals surface area contributed by atoms with Gasteiger partial charge >= 0.3 is 6.18 Å². The Labute approximate surface area is 110 Å². The van der Waals surface area contributed by atoms with Crippen molar-refractivity contribution in [1.29, 1.82) is 0 Å². The third-order valence-electron chi connectivity index (χ3n) is 2.56. The van der Waals surface area contributed by atoms with E-state index in [1.807, 2.05) is 6.92 Å². The zero-order chi connectivity index (χ0) is 14.3. The fraction of sp³-hybridized carbons (Fsp3) is 0.500. The number of carbonyl (C=O) groups excluding carboxylic acids is 1. The first-order chi connectivity index (χ1) is 8.93. The van der Waals surface area contributed by atoms with Gasteiger partial charge < -0.3 is 4.74 Å². The monoisotopic (exact) mass is 274 g/mol. The average Bonchev–Trinajstić information content (AvgIpc) is 2.34. The van der Waals surface area contributed by atoms with E-state index in [1.165, 1.54) is 12.1 Å². The Hall–Kier alpha value is -1.36. The Morgan fingerprint density at radius 2 is 1.79 bits per heavy atom. The van der Waals surface area contributed by atoms with Crippen LogP contribution < -0.4 is 0 Å². The van der Waals surface area contributed by atoms with Crippen LogP contribution in [0.4, 0.5) is 13.2 Å². The predicted molar refractivity (Wildman–Crippen MR) is 65.9 cm³/mol. The highest BCUT2D eigenvalue weighted by Gasteiger charge is 2.29. The van der Waals surface area contributed by atoms with E-state index in [9.17, 15) is 18.0 Å². The molecule has 0 saturated heterocycles. The third kappa shape index (κ3) is 5.87. The Morgan fingerprint density at radius 3 is 2.32 bits per heavy atom. The second-order valence-corrected chi connectivity index (χ2v) is 4.27. The molecule has 0 aliphatic carbocycles. The molecule has 1 aromatic rings. The minimum absolute atomic E-state index is 0.0316. The van der Waals surface area contributed by atoms with Crippen molar-refractivity contribution in [2.24, 2.45) is 0 Å². The molecule has 106 valence electrons. The van der Waals surface area contributed by atoms with Crippen LogP contribution in [0.25, 0.3) is 0 Å². The van der Waals surface area contributed by atoms with Crippen LogP contribution in [0, 0.1) is 0 Å². The number of alkyl halides is 3. The van der Waals surface area contributed by atoms with Crippen LogP contribution in [0.3, 0.4) is 0 Å². The minimum atomic E-state index is -4.34. The summed E-state index contributed by atoms with van der Waals surface area (Å²) in [5, 5.41) is 0. The quantitative estimate of drug-likeness (QED) is 0.710. The Morgan fingerprint density at radius 1 is 1.16 bits per heavy atom. The Bertz CT molecular complexity index is 396. The maximum Gasteiger partial charge on any atom is 0.416 e. The van der Waals surface area contributed by atoms with E-state index in [0.717, 1.165) is 18.6 Å². The number of hydrogen-bond donors (Lipinski definition) is 0. The van der Waals surface area contributed by atoms with Gasteiger partial charge in [-0.2, -0.15) is 13.2 Å². The lowest BCUT2D eigenvalue weighted by Crippen LogP contribution is -2.08. The number of ether oxygens (including phenoxy) is 1. The van der Waals surface area contributed by atoms with Crippen molar-refractivity contribution in [3.05, 3.63) is 35.4 Å². The predicted octanol–water partition coefficient (Wildman–Crippen LogP) is 3.63. The van der Waals surface area contributed by atoms with Gasteiger partial charge in [0.25, 0.3) is 0 Å². The summed E-state index contributed by atoms with van der Waals surface area (Å²) in [5.74, 6) is -0.0316. The van der Waals surface area contributed by atoms with Gasteiger partial charge in [-0.25, -0.2) is 0 Å². The lowest BCUT2D eigenvalue weighted by Gasteiger charge is -2.07. The normalized spacial score (nSPS) is 11.6. The highest BCUT2D eigenvalue weighted by molar-refractivity contribution is 5.80. The lowest BCUT2D eigenvalue weighted by atomic mass is 10.1. The maximum absolute atomic E-state index is 12.3. The molecule has 0 saturated carbocycles. The molecule has 0 aromatic heterocycles. The highest BCUT2D eigenvalue weighted by atomic mass is 19.4. The van der Waals surface area contributed by atoms with Crippen molar-refractivity contribution in [3.63, 3.8) is 0 Å². The van der Waals surface area contributed by atoms with E-state index in [1.54, 1.807) is 0 Å². The molecule has 0 amide bonds. The smallest absolute Gasteiger partial charge is 0.381 e. The highest BCUT2D eigenvalue weighted by Crippen LogP contribution is 2.29. The van der Waals surface area contributed by atoms with Crippen molar-refractivity contribution >= 4 is 5.78 Å². The van der Waals surface area contributed by atoms with E-state index in [2.05, 4.69) is 0 Å². The van der Waals surface area contributed by atoms with Gasteiger partial charge in [0.2, 0.25) is 0 Å². The molecule has 0 atom stereocenters. The molecule has 0 unspecified atom stereocenters. The summed E-state index contributed by atoms with van der Waals surface area (Å²) in [7, 11) is 0. The second-order valence-electron chi connectivity index (χ2n) is 4.27. The molecule has 0 N–H and O–H groups in total. The topological polar surface area (TPSA) is 26.3 Å². The summed E-state index contributed by atoms with van der Waals surface area (Å²) in [5.41, 5.74) is -0.108. The molecule has 0 radical (unpaired) electrons. The van der Waals surface area contributed by atoms with E-state index >= 15 is 0 Å². The summed E-state index contributed by atoms with van der Waals surface area (Å²) >= 11 is 0. The van der Waals surface area contributed by atoms with Crippen LogP contribution in [0.1, 0.15) is 30.9 Å². The Kier molecular flexibility index (Phi) is 6.02. The Balaban J connectivity index is 2.43. The second kappa shape index (κ2) is 7.28. The van der Waals surface area contributed by atoms with Gasteiger partial charge in [0.15, 0.2) is 0 Å². The number of Topliss-reactive ketones (excluding diaryl/α,β-unsaturated/α-hetero) is 1. The summed E-state index contributed by atoms with van der Waals surface area (Å²) < 4.78 is 42.2. The standard InChI is InChI=1S/C14H17F3O2/c1-2-8-19-9-7-13(18)10-11-3-5-12(6-4-11)14(15,16)17/h3-6H,2,7-10H2,1H3. The van der Waals surface area contributed by atoms with Crippen LogP contribution in [0.15, 0.2) is 24.3 Å². The summed E-state index contributed by atoms with van der Waals surface area (Å²) in [6, 6.07) is 4.67. The van der Waals surface area contributed by atoms with Crippen LogP contribution in [-0.2, 0) is 22.1 Å². The molecule has 0 bridgehead atoms. The molecule has 19 heavy (non-hydrogen) atoms. The molecule has 0 spiro atoms. The van der Waals surface area contributed by atoms with E-state index in [0.29, 0.717) is 25.2 Å². The van der Waals surface area contributed by atoms with E-state index < -0.39 is 11.7 Å². The fourth-order valence-corrected chi connectivity index (χ4v) is 1.56. The van der Waals surface area contributed by atoms with Gasteiger partial charge in [0.05, 0.1) is 12.2 Å². The van der Waals surface area contributed by atoms with Crippen LogP contribution >= 0.6 is 0 Å². The van der Waals surface area contributed by atoms with E-state index in [-0.39, 0.29) is 12.2 Å². The van der Waals surface area contributed by atoms with Gasteiger partial charge in [0.1, 0.15) is 5.78 Å². The fourth-order valence-electron chi connectivity index (χ4n) is 1.56. The number of ketones is 1. The molecule has 0 heterocycles. The molecule has 1 rings (SSSR count). The van der Waals surface area contributed by atoms with Gasteiger partial charge in [-0.3, -0.25) is 4.79 Å². The number of hydrogen-bond acceptors (Lipinski definition) is 2.